The van der Waals surface area contributed by atoms with E-state index in [4.69, 9.17) is 0 Å². The monoisotopic (exact) mass is 438 g/mol. The second kappa shape index (κ2) is 4.30. The first kappa shape index (κ1) is 15.5. The Morgan fingerprint density at radius 3 is 1.92 bits per heavy atom. The molecular weight excluding hydrogens is 432 g/mol. The lowest BCUT2D eigenvalue weighted by molar-refractivity contribution is 0.469. The van der Waals surface area contributed by atoms with Crippen LogP contribution >= 0.6 is 15.9 Å². The van der Waals surface area contributed by atoms with Gasteiger partial charge in [-0.2, -0.15) is 16.8 Å². The van der Waals surface area contributed by atoms with Crippen molar-refractivity contribution in [3.05, 3.63) is 34.8 Å². The molecule has 9 heteroatoms. The Morgan fingerprint density at radius 2 is 1.28 bits per heavy atom. The SMILES string of the molecule is O=S(=O)(O)c1c(S(=O)(=O)O)c2c3ccc4cccc5c2c(Br)c1c3c45. The molecule has 25 heavy (non-hydrogen) atoms. The van der Waals surface area contributed by atoms with Gasteiger partial charge in [-0.1, -0.05) is 30.3 Å². The molecule has 7 aromatic rings. The number of rotatable bonds is 2. The van der Waals surface area contributed by atoms with Gasteiger partial charge in [0.2, 0.25) is 0 Å². The van der Waals surface area contributed by atoms with Crippen LogP contribution in [0, 0.1) is 0 Å². The van der Waals surface area contributed by atoms with Crippen molar-refractivity contribution in [2.75, 3.05) is 0 Å². The molecule has 0 aliphatic carbocycles. The maximum atomic E-state index is 12.0. The summed E-state index contributed by atoms with van der Waals surface area (Å²) in [7, 11) is -9.80. The Bertz CT molecular complexity index is 1540. The zero-order valence-corrected chi connectivity index (χ0v) is 15.3. The predicted molar refractivity (Wildman–Crippen MR) is 97.4 cm³/mol. The molecule has 0 fully saturated rings. The molecule has 0 aliphatic rings. The predicted octanol–water partition coefficient (Wildman–Crippen LogP) is 3.87. The Morgan fingerprint density at radius 1 is 0.680 bits per heavy atom. The highest BCUT2D eigenvalue weighted by atomic mass is 79.9. The average molecular weight is 439 g/mol. The molecule has 0 saturated carbocycles. The molecule has 0 saturated heterocycles. The third-order valence-corrected chi connectivity index (χ3v) is 7.47. The summed E-state index contributed by atoms with van der Waals surface area (Å²) in [6.45, 7) is 0. The van der Waals surface area contributed by atoms with Crippen LogP contribution in [0.5, 0.6) is 0 Å². The van der Waals surface area contributed by atoms with E-state index in [1.807, 2.05) is 24.3 Å². The minimum atomic E-state index is -4.90. The molecule has 0 unspecified atom stereocenters. The first-order valence-corrected chi connectivity index (χ1v) is 10.7. The summed E-state index contributed by atoms with van der Waals surface area (Å²) in [6.07, 6.45) is 0. The van der Waals surface area contributed by atoms with Crippen molar-refractivity contribution in [1.29, 1.82) is 0 Å². The fraction of sp³-hybridized carbons (Fsp3) is 0. The Kier molecular flexibility index (Phi) is 2.66. The zero-order chi connectivity index (χ0) is 17.9. The second-order valence-corrected chi connectivity index (χ2v) is 9.45. The molecule has 0 heterocycles. The Hall–Kier alpha value is -1.78. The molecule has 0 aliphatic heterocycles. The fourth-order valence-electron chi connectivity index (χ4n) is 3.96. The van der Waals surface area contributed by atoms with E-state index in [0.717, 1.165) is 16.2 Å². The first-order valence-electron chi connectivity index (χ1n) is 7.03. The van der Waals surface area contributed by atoms with Crippen LogP contribution in [0.2, 0.25) is 0 Å². The number of halogens is 1. The summed E-state index contributed by atoms with van der Waals surface area (Å²) in [5.41, 5.74) is 0. The van der Waals surface area contributed by atoms with Crippen LogP contribution in [0.15, 0.2) is 44.6 Å². The largest absolute Gasteiger partial charge is 0.296 e. The number of benzene rings is 7. The van der Waals surface area contributed by atoms with Crippen molar-refractivity contribution < 1.29 is 25.9 Å². The van der Waals surface area contributed by atoms with E-state index in [9.17, 15) is 25.9 Å². The van der Waals surface area contributed by atoms with Crippen LogP contribution in [-0.4, -0.2) is 25.9 Å². The van der Waals surface area contributed by atoms with Crippen molar-refractivity contribution in [2.24, 2.45) is 0 Å². The smallest absolute Gasteiger partial charge is 0.282 e. The van der Waals surface area contributed by atoms with Crippen LogP contribution in [0.4, 0.5) is 0 Å². The lowest BCUT2D eigenvalue weighted by atomic mass is 9.84. The van der Waals surface area contributed by atoms with E-state index in [-0.39, 0.29) is 10.8 Å². The first-order chi connectivity index (χ1) is 11.6. The van der Waals surface area contributed by atoms with Gasteiger partial charge in [0.1, 0.15) is 9.79 Å². The summed E-state index contributed by atoms with van der Waals surface area (Å²) < 4.78 is 67.8. The van der Waals surface area contributed by atoms with Gasteiger partial charge in [0.25, 0.3) is 20.2 Å². The van der Waals surface area contributed by atoms with Crippen molar-refractivity contribution in [1.82, 2.24) is 0 Å². The van der Waals surface area contributed by atoms with Crippen LogP contribution < -0.4 is 0 Å². The maximum Gasteiger partial charge on any atom is 0.296 e. The molecule has 0 spiro atoms. The third kappa shape index (κ3) is 1.69. The minimum Gasteiger partial charge on any atom is -0.282 e. The topological polar surface area (TPSA) is 109 Å². The standard InChI is InChI=1S/C16H7BrO6S2/c17-14-11-7-3-1-2-6-4-5-8-10(9(6)7)13(14)16(25(21,22)23)15(12(8)11)24(18,19)20/h1-5H,(H,18,19,20)(H,21,22,23). The normalized spacial score (nSPS) is 14.0. The lowest BCUT2D eigenvalue weighted by Crippen LogP contribution is -2.13. The molecular formula is C16H7BrO6S2. The molecule has 0 atom stereocenters. The Labute approximate surface area is 149 Å². The fourth-order valence-corrected chi connectivity index (χ4v) is 7.13. The van der Waals surface area contributed by atoms with E-state index in [1.54, 1.807) is 6.07 Å². The van der Waals surface area contributed by atoms with Gasteiger partial charge in [-0.15, -0.1) is 0 Å². The molecule has 0 amide bonds. The van der Waals surface area contributed by atoms with Gasteiger partial charge in [0.15, 0.2) is 0 Å². The van der Waals surface area contributed by atoms with Crippen molar-refractivity contribution >= 4 is 79.3 Å². The molecule has 7 aromatic carbocycles. The summed E-state index contributed by atoms with van der Waals surface area (Å²) >= 11 is 3.35. The van der Waals surface area contributed by atoms with Crippen LogP contribution in [0.25, 0.3) is 43.1 Å². The third-order valence-electron chi connectivity index (χ3n) is 4.70. The van der Waals surface area contributed by atoms with Crippen LogP contribution in [0.1, 0.15) is 0 Å². The van der Waals surface area contributed by atoms with Crippen LogP contribution in [0.3, 0.4) is 0 Å². The average Bonchev–Trinajstić information content (AvgIpc) is 2.50. The van der Waals surface area contributed by atoms with E-state index in [0.29, 0.717) is 20.6 Å². The van der Waals surface area contributed by atoms with Crippen molar-refractivity contribution in [3.63, 3.8) is 0 Å². The quantitative estimate of drug-likeness (QED) is 0.319. The minimum absolute atomic E-state index is 0.0689. The van der Waals surface area contributed by atoms with Gasteiger partial charge in [-0.25, -0.2) is 0 Å². The highest BCUT2D eigenvalue weighted by Gasteiger charge is 2.37. The van der Waals surface area contributed by atoms with Gasteiger partial charge >= 0.3 is 0 Å². The van der Waals surface area contributed by atoms with E-state index < -0.39 is 30.0 Å². The van der Waals surface area contributed by atoms with Gasteiger partial charge in [0, 0.05) is 26.0 Å². The van der Waals surface area contributed by atoms with Gasteiger partial charge in [-0.05, 0) is 37.5 Å². The molecule has 126 valence electrons. The molecule has 6 bridgehead atoms. The Balaban J connectivity index is 2.33. The highest BCUT2D eigenvalue weighted by Crippen LogP contribution is 2.55. The van der Waals surface area contributed by atoms with E-state index in [2.05, 4.69) is 15.9 Å². The van der Waals surface area contributed by atoms with E-state index >= 15 is 0 Å². The molecule has 0 radical (unpaired) electrons. The maximum absolute atomic E-state index is 12.0. The van der Waals surface area contributed by atoms with Gasteiger partial charge in [-0.3, -0.25) is 9.11 Å². The molecule has 2 N–H and O–H groups in total. The molecule has 6 nitrogen and oxygen atoms in total. The lowest BCUT2D eigenvalue weighted by Gasteiger charge is -2.25. The number of hydrogen-bond acceptors (Lipinski definition) is 4. The summed E-state index contributed by atoms with van der Waals surface area (Å²) in [6, 6.07) is 9.00. The summed E-state index contributed by atoms with van der Waals surface area (Å²) in [4.78, 5) is -1.56. The summed E-state index contributed by atoms with van der Waals surface area (Å²) in [5, 5.41) is 4.15. The van der Waals surface area contributed by atoms with Gasteiger partial charge in [0.05, 0.1) is 0 Å². The van der Waals surface area contributed by atoms with Crippen LogP contribution in [-0.2, 0) is 20.2 Å². The van der Waals surface area contributed by atoms with Crippen molar-refractivity contribution in [2.45, 2.75) is 9.79 Å². The second-order valence-electron chi connectivity index (χ2n) is 5.94. The highest BCUT2D eigenvalue weighted by molar-refractivity contribution is 9.10. The molecule has 0 aromatic heterocycles. The van der Waals surface area contributed by atoms with Gasteiger partial charge < -0.3 is 0 Å². The van der Waals surface area contributed by atoms with E-state index in [1.165, 1.54) is 0 Å². The number of hydrogen-bond donors (Lipinski definition) is 2. The summed E-state index contributed by atoms with van der Waals surface area (Å²) in [5.74, 6) is 0. The van der Waals surface area contributed by atoms with Crippen molar-refractivity contribution in [3.8, 4) is 0 Å². The molecule has 7 rings (SSSR count). The number of fused-ring (bicyclic) bond motifs is 1. The zero-order valence-electron chi connectivity index (χ0n) is 12.1.